The first kappa shape index (κ1) is 12.6. The third-order valence-corrected chi connectivity index (χ3v) is 3.73. The molecule has 0 aliphatic heterocycles. The molecule has 0 aliphatic rings. The number of nitrogens with zero attached hydrogens (tertiary/aromatic N) is 2. The molecule has 0 bridgehead atoms. The van der Waals surface area contributed by atoms with Crippen molar-refractivity contribution in [1.82, 2.24) is 9.97 Å². The van der Waals surface area contributed by atoms with Gasteiger partial charge in [0, 0.05) is 22.7 Å². The summed E-state index contributed by atoms with van der Waals surface area (Å²) in [5.74, 6) is 0.0749. The fraction of sp³-hybridized carbons (Fsp3) is 0. The van der Waals surface area contributed by atoms with Crippen LogP contribution in [0.15, 0.2) is 63.9 Å². The summed E-state index contributed by atoms with van der Waals surface area (Å²) >= 11 is 1.50. The van der Waals surface area contributed by atoms with Gasteiger partial charge >= 0.3 is 0 Å². The van der Waals surface area contributed by atoms with Gasteiger partial charge in [-0.05, 0) is 24.3 Å². The first-order valence-electron chi connectivity index (χ1n) is 5.96. The Bertz CT molecular complexity index is 748. The lowest BCUT2D eigenvalue weighted by Gasteiger charge is -2.01. The van der Waals surface area contributed by atoms with Gasteiger partial charge in [-0.15, -0.1) is 0 Å². The Kier molecular flexibility index (Phi) is 3.30. The fourth-order valence-electron chi connectivity index (χ4n) is 1.90. The number of nitrogens with one attached hydrogen (secondary N) is 1. The summed E-state index contributed by atoms with van der Waals surface area (Å²) in [6.07, 6.45) is 1.64. The predicted molar refractivity (Wildman–Crippen MR) is 79.2 cm³/mol. The molecule has 0 unspecified atom stereocenters. The van der Waals surface area contributed by atoms with Crippen LogP contribution in [0.4, 0.5) is 0 Å². The van der Waals surface area contributed by atoms with E-state index in [1.54, 1.807) is 18.3 Å². The van der Waals surface area contributed by atoms with Gasteiger partial charge in [-0.3, -0.25) is 0 Å². The van der Waals surface area contributed by atoms with Crippen molar-refractivity contribution >= 4 is 28.5 Å². The molecule has 0 aliphatic carbocycles. The fourth-order valence-corrected chi connectivity index (χ4v) is 2.77. The molecule has 0 saturated heterocycles. The van der Waals surface area contributed by atoms with Crippen molar-refractivity contribution in [3.05, 3.63) is 54.2 Å². The normalized spacial score (nSPS) is 11.9. The Labute approximate surface area is 119 Å². The van der Waals surface area contributed by atoms with Gasteiger partial charge in [-0.25, -0.2) is 4.98 Å². The molecule has 2 heterocycles. The van der Waals surface area contributed by atoms with Gasteiger partial charge in [0.2, 0.25) is 0 Å². The second-order valence-corrected chi connectivity index (χ2v) is 5.25. The van der Waals surface area contributed by atoms with Crippen LogP contribution in [-0.2, 0) is 0 Å². The molecule has 0 spiro atoms. The number of hydrogen-bond acceptors (Lipinski definition) is 4. The third kappa shape index (κ3) is 2.46. The van der Waals surface area contributed by atoms with Crippen LogP contribution in [-0.4, -0.2) is 21.0 Å². The van der Waals surface area contributed by atoms with Gasteiger partial charge in [0.05, 0.1) is 5.03 Å². The lowest BCUT2D eigenvalue weighted by molar-refractivity contribution is 0.318. The molecule has 3 rings (SSSR count). The number of amidine groups is 1. The first-order valence-corrected chi connectivity index (χ1v) is 6.77. The lowest BCUT2D eigenvalue weighted by atomic mass is 10.2. The number of aromatic nitrogens is 2. The third-order valence-electron chi connectivity index (χ3n) is 2.86. The van der Waals surface area contributed by atoms with Gasteiger partial charge in [0.1, 0.15) is 5.03 Å². The molecule has 20 heavy (non-hydrogen) atoms. The quantitative estimate of drug-likeness (QED) is 0.299. The SMILES string of the molecule is N/C(=N/O)c1ccnc(Sc2cc3ccccc3[nH]2)c1. The standard InChI is InChI=1S/C14H12N4OS/c15-14(18-19)10-5-6-16-12(8-10)20-13-7-9-3-1-2-4-11(9)17-13/h1-8,17,19H,(H2,15,18). The largest absolute Gasteiger partial charge is 0.409 e. The van der Waals surface area contributed by atoms with E-state index in [0.717, 1.165) is 21.0 Å². The average molecular weight is 284 g/mol. The van der Waals surface area contributed by atoms with Crippen molar-refractivity contribution in [1.29, 1.82) is 0 Å². The van der Waals surface area contributed by atoms with Crippen molar-refractivity contribution in [2.24, 2.45) is 10.9 Å². The van der Waals surface area contributed by atoms with Crippen molar-refractivity contribution < 1.29 is 5.21 Å². The number of oxime groups is 1. The molecule has 0 radical (unpaired) electrons. The van der Waals surface area contributed by atoms with E-state index in [1.807, 2.05) is 18.2 Å². The minimum absolute atomic E-state index is 0.0749. The molecule has 100 valence electrons. The van der Waals surface area contributed by atoms with Crippen LogP contribution in [0.5, 0.6) is 0 Å². The Hall–Kier alpha value is -2.47. The predicted octanol–water partition coefficient (Wildman–Crippen LogP) is 2.81. The average Bonchev–Trinajstić information content (AvgIpc) is 2.88. The molecular formula is C14H12N4OS. The summed E-state index contributed by atoms with van der Waals surface area (Å²) in [5, 5.41) is 14.6. The highest BCUT2D eigenvalue weighted by Crippen LogP contribution is 2.28. The van der Waals surface area contributed by atoms with E-state index >= 15 is 0 Å². The van der Waals surface area contributed by atoms with Crippen molar-refractivity contribution in [2.45, 2.75) is 10.1 Å². The highest BCUT2D eigenvalue weighted by Gasteiger charge is 2.06. The number of hydrogen-bond donors (Lipinski definition) is 3. The number of para-hydroxylation sites is 1. The van der Waals surface area contributed by atoms with Crippen LogP contribution in [0.3, 0.4) is 0 Å². The van der Waals surface area contributed by atoms with Crippen molar-refractivity contribution in [3.8, 4) is 0 Å². The van der Waals surface area contributed by atoms with Crippen molar-refractivity contribution in [3.63, 3.8) is 0 Å². The molecular weight excluding hydrogens is 272 g/mol. The molecule has 5 nitrogen and oxygen atoms in total. The highest BCUT2D eigenvalue weighted by molar-refractivity contribution is 7.99. The van der Waals surface area contributed by atoms with E-state index in [1.165, 1.54) is 11.8 Å². The van der Waals surface area contributed by atoms with E-state index in [2.05, 4.69) is 27.3 Å². The molecule has 0 atom stereocenters. The van der Waals surface area contributed by atoms with Gasteiger partial charge < -0.3 is 15.9 Å². The Morgan fingerprint density at radius 2 is 2.10 bits per heavy atom. The van der Waals surface area contributed by atoms with Crippen LogP contribution in [0.1, 0.15) is 5.56 Å². The van der Waals surface area contributed by atoms with Crippen LogP contribution in [0.25, 0.3) is 10.9 Å². The molecule has 0 saturated carbocycles. The molecule has 2 aromatic heterocycles. The summed E-state index contributed by atoms with van der Waals surface area (Å²) in [7, 11) is 0. The number of benzene rings is 1. The number of aromatic amines is 1. The van der Waals surface area contributed by atoms with E-state index in [4.69, 9.17) is 10.9 Å². The van der Waals surface area contributed by atoms with Gasteiger partial charge in [-0.2, -0.15) is 0 Å². The lowest BCUT2D eigenvalue weighted by Crippen LogP contribution is -2.13. The highest BCUT2D eigenvalue weighted by atomic mass is 32.2. The summed E-state index contributed by atoms with van der Waals surface area (Å²) < 4.78 is 0. The first-order chi connectivity index (χ1) is 9.76. The number of pyridine rings is 1. The van der Waals surface area contributed by atoms with Crippen LogP contribution in [0, 0.1) is 0 Å². The topological polar surface area (TPSA) is 87.3 Å². The van der Waals surface area contributed by atoms with Crippen LogP contribution in [0.2, 0.25) is 0 Å². The second-order valence-electron chi connectivity index (χ2n) is 4.19. The minimum atomic E-state index is 0.0749. The minimum Gasteiger partial charge on any atom is -0.409 e. The monoisotopic (exact) mass is 284 g/mol. The maximum Gasteiger partial charge on any atom is 0.170 e. The number of nitrogens with two attached hydrogens (primary N) is 1. The smallest absolute Gasteiger partial charge is 0.170 e. The number of rotatable bonds is 3. The maximum absolute atomic E-state index is 8.69. The summed E-state index contributed by atoms with van der Waals surface area (Å²) in [6, 6.07) is 13.6. The van der Waals surface area contributed by atoms with E-state index in [-0.39, 0.29) is 5.84 Å². The van der Waals surface area contributed by atoms with Crippen molar-refractivity contribution in [2.75, 3.05) is 0 Å². The second kappa shape index (κ2) is 5.26. The number of fused-ring (bicyclic) bond motifs is 1. The Morgan fingerprint density at radius 3 is 2.90 bits per heavy atom. The zero-order valence-corrected chi connectivity index (χ0v) is 11.3. The molecule has 1 aromatic carbocycles. The summed E-state index contributed by atoms with van der Waals surface area (Å²) in [6.45, 7) is 0. The molecule has 4 N–H and O–H groups in total. The maximum atomic E-state index is 8.69. The molecule has 0 fully saturated rings. The summed E-state index contributed by atoms with van der Waals surface area (Å²) in [5.41, 5.74) is 7.30. The number of H-pyrrole nitrogens is 1. The van der Waals surface area contributed by atoms with E-state index < -0.39 is 0 Å². The zero-order chi connectivity index (χ0) is 13.9. The van der Waals surface area contributed by atoms with E-state index in [0.29, 0.717) is 5.56 Å². The Balaban J connectivity index is 1.90. The summed E-state index contributed by atoms with van der Waals surface area (Å²) in [4.78, 5) is 7.59. The van der Waals surface area contributed by atoms with Gasteiger partial charge in [0.25, 0.3) is 0 Å². The Morgan fingerprint density at radius 1 is 1.25 bits per heavy atom. The van der Waals surface area contributed by atoms with Crippen LogP contribution < -0.4 is 5.73 Å². The van der Waals surface area contributed by atoms with E-state index in [9.17, 15) is 0 Å². The van der Waals surface area contributed by atoms with Gasteiger partial charge in [0.15, 0.2) is 5.84 Å². The molecule has 6 heteroatoms. The van der Waals surface area contributed by atoms with Crippen LogP contribution >= 0.6 is 11.8 Å². The molecule has 0 amide bonds. The zero-order valence-electron chi connectivity index (χ0n) is 10.4. The molecule has 3 aromatic rings. The van der Waals surface area contributed by atoms with Gasteiger partial charge in [-0.1, -0.05) is 35.1 Å².